The molecule has 3 aromatic rings. The summed E-state index contributed by atoms with van der Waals surface area (Å²) in [5, 5.41) is 13.3. The summed E-state index contributed by atoms with van der Waals surface area (Å²) in [7, 11) is 0. The average Bonchev–Trinajstić information content (AvgIpc) is 2.73. The van der Waals surface area contributed by atoms with Crippen molar-refractivity contribution in [2.75, 3.05) is 0 Å². The van der Waals surface area contributed by atoms with Gasteiger partial charge in [-0.1, -0.05) is 108 Å². The van der Waals surface area contributed by atoms with Crippen LogP contribution in [0.4, 0.5) is 0 Å². The third-order valence-corrected chi connectivity index (χ3v) is 6.10. The number of carbonyl (C=O) groups is 2. The second-order valence-corrected chi connectivity index (χ2v) is 9.87. The molecule has 0 amide bonds. The Morgan fingerprint density at radius 3 is 2.26 bits per heavy atom. The fraction of sp³-hybridized carbons (Fsp3) is 0.200. The van der Waals surface area contributed by atoms with Gasteiger partial charge in [-0.2, -0.15) is 0 Å². The molecule has 0 radical (unpaired) electrons. The van der Waals surface area contributed by atoms with Crippen LogP contribution >= 0.6 is 34.8 Å². The summed E-state index contributed by atoms with van der Waals surface area (Å²) in [4.78, 5) is 23.8. The Morgan fingerprint density at radius 1 is 0.903 bits per heavy atom. The number of carboxylic acids is 1. The Morgan fingerprint density at radius 2 is 1.55 bits per heavy atom. The summed E-state index contributed by atoms with van der Waals surface area (Å²) in [5.41, 5.74) is 2.11. The van der Waals surface area contributed by atoms with E-state index in [4.69, 9.17) is 34.8 Å². The van der Waals surface area contributed by atoms with Crippen molar-refractivity contribution in [2.24, 2.45) is 5.92 Å². The maximum Gasteiger partial charge on any atom is 0.194 e. The molecule has 0 saturated heterocycles. The van der Waals surface area contributed by atoms with Gasteiger partial charge >= 0.3 is 0 Å². The van der Waals surface area contributed by atoms with Gasteiger partial charge in [-0.15, -0.1) is 0 Å². The molecule has 0 aromatic heterocycles. The first-order valence-electron chi connectivity index (χ1n) is 9.69. The third kappa shape index (κ3) is 6.10. The molecule has 0 spiro atoms. The van der Waals surface area contributed by atoms with Crippen LogP contribution in [0.5, 0.6) is 0 Å². The lowest BCUT2D eigenvalue weighted by molar-refractivity contribution is -0.255. The van der Waals surface area contributed by atoms with Crippen LogP contribution in [0.2, 0.25) is 0 Å². The van der Waals surface area contributed by atoms with E-state index in [2.05, 4.69) is 12.6 Å². The number of hydrogen-bond acceptors (Lipinski definition) is 3. The van der Waals surface area contributed by atoms with Gasteiger partial charge in [0.15, 0.2) is 9.58 Å². The van der Waals surface area contributed by atoms with Crippen LogP contribution in [-0.2, 0) is 6.42 Å². The lowest BCUT2D eigenvalue weighted by atomic mass is 9.90. The number of carboxylic acid groups (broad SMARTS) is 1. The maximum atomic E-state index is 12.8. The van der Waals surface area contributed by atoms with Gasteiger partial charge in [-0.3, -0.25) is 4.79 Å². The number of rotatable bonds is 8. The minimum absolute atomic E-state index is 0.0540. The van der Waals surface area contributed by atoms with Gasteiger partial charge < -0.3 is 9.90 Å². The third-order valence-electron chi connectivity index (χ3n) is 5.17. The van der Waals surface area contributed by atoms with E-state index in [9.17, 15) is 14.7 Å². The largest absolute Gasteiger partial charge is 0.545 e. The van der Waals surface area contributed by atoms with Crippen LogP contribution in [-0.4, -0.2) is 15.5 Å². The van der Waals surface area contributed by atoms with Gasteiger partial charge in [-0.05, 0) is 40.8 Å². The first-order valence-corrected chi connectivity index (χ1v) is 10.8. The van der Waals surface area contributed by atoms with Crippen LogP contribution in [0, 0.1) is 5.92 Å². The fourth-order valence-corrected chi connectivity index (χ4v) is 4.06. The number of alkyl halides is 3. The fourth-order valence-electron chi connectivity index (χ4n) is 3.60. The Labute approximate surface area is 196 Å². The smallest absolute Gasteiger partial charge is 0.194 e. The van der Waals surface area contributed by atoms with Crippen molar-refractivity contribution in [3.05, 3.63) is 95.6 Å². The zero-order valence-corrected chi connectivity index (χ0v) is 18.9. The van der Waals surface area contributed by atoms with E-state index in [0.717, 1.165) is 21.9 Å². The van der Waals surface area contributed by atoms with E-state index in [-0.39, 0.29) is 23.3 Å². The van der Waals surface area contributed by atoms with Crippen molar-refractivity contribution >= 4 is 57.3 Å². The molecular weight excluding hydrogens is 455 g/mol. The minimum atomic E-state index is -1.68. The van der Waals surface area contributed by atoms with Crippen molar-refractivity contribution in [3.8, 4) is 0 Å². The van der Waals surface area contributed by atoms with E-state index >= 15 is 0 Å². The van der Waals surface area contributed by atoms with E-state index in [1.165, 1.54) is 24.3 Å². The van der Waals surface area contributed by atoms with E-state index in [1.807, 2.05) is 36.4 Å². The number of benzene rings is 3. The lowest BCUT2D eigenvalue weighted by Crippen LogP contribution is -2.24. The normalized spacial score (nSPS) is 12.5. The molecule has 0 aliphatic rings. The van der Waals surface area contributed by atoms with E-state index in [1.54, 1.807) is 0 Å². The Kier molecular flexibility index (Phi) is 7.42. The van der Waals surface area contributed by atoms with Crippen LogP contribution in [0.25, 0.3) is 10.8 Å². The predicted molar refractivity (Wildman–Crippen MR) is 125 cm³/mol. The molecule has 0 heterocycles. The van der Waals surface area contributed by atoms with Crippen LogP contribution in [0.3, 0.4) is 0 Å². The first-order chi connectivity index (χ1) is 14.6. The molecule has 1 unspecified atom stereocenters. The highest BCUT2D eigenvalue weighted by atomic mass is 35.6. The first kappa shape index (κ1) is 23.3. The molecular formula is C25H20Cl3O3-. The number of aromatic carboxylic acids is 1. The Hall–Kier alpha value is -2.33. The van der Waals surface area contributed by atoms with Gasteiger partial charge in [0.25, 0.3) is 0 Å². The molecule has 160 valence electrons. The van der Waals surface area contributed by atoms with Crippen LogP contribution < -0.4 is 5.11 Å². The molecule has 3 nitrogen and oxygen atoms in total. The molecule has 0 aliphatic heterocycles. The summed E-state index contributed by atoms with van der Waals surface area (Å²) >= 11 is 18.6. The molecule has 0 bridgehead atoms. The van der Waals surface area contributed by atoms with Gasteiger partial charge in [0.1, 0.15) is 0 Å². The molecule has 0 saturated carbocycles. The van der Waals surface area contributed by atoms with Crippen molar-refractivity contribution in [1.82, 2.24) is 0 Å². The van der Waals surface area contributed by atoms with Crippen molar-refractivity contribution in [3.63, 3.8) is 0 Å². The van der Waals surface area contributed by atoms with Gasteiger partial charge in [-0.25, -0.2) is 0 Å². The summed E-state index contributed by atoms with van der Waals surface area (Å²) < 4.78 is -1.68. The molecule has 3 aromatic carbocycles. The highest BCUT2D eigenvalue weighted by Crippen LogP contribution is 2.41. The summed E-state index contributed by atoms with van der Waals surface area (Å²) in [6.07, 6.45) is 0.875. The molecule has 1 atom stereocenters. The minimum Gasteiger partial charge on any atom is -0.545 e. The zero-order valence-electron chi connectivity index (χ0n) is 16.6. The molecule has 31 heavy (non-hydrogen) atoms. The monoisotopic (exact) mass is 473 g/mol. The van der Waals surface area contributed by atoms with Crippen molar-refractivity contribution < 1.29 is 14.7 Å². The zero-order chi connectivity index (χ0) is 22.6. The quantitative estimate of drug-likeness (QED) is 0.230. The van der Waals surface area contributed by atoms with E-state index < -0.39 is 15.7 Å². The second-order valence-electron chi connectivity index (χ2n) is 7.50. The van der Waals surface area contributed by atoms with Gasteiger partial charge in [0, 0.05) is 17.9 Å². The number of allylic oxidation sites excluding steroid dienone is 1. The molecule has 3 rings (SSSR count). The molecule has 0 N–H and O–H groups in total. The van der Waals surface area contributed by atoms with Crippen molar-refractivity contribution in [1.29, 1.82) is 0 Å². The number of hydrogen-bond donors (Lipinski definition) is 0. The average molecular weight is 475 g/mol. The SMILES string of the molecule is C=C(Cc1cccc2ccccc12)CC(CC(=O)c1cccc(C(=O)[O-])c1)C(Cl)(Cl)Cl. The maximum absolute atomic E-state index is 12.8. The topological polar surface area (TPSA) is 57.2 Å². The van der Waals surface area contributed by atoms with E-state index in [0.29, 0.717) is 12.8 Å². The van der Waals surface area contributed by atoms with Crippen LogP contribution in [0.15, 0.2) is 78.9 Å². The molecule has 0 aliphatic carbocycles. The summed E-state index contributed by atoms with van der Waals surface area (Å²) in [5.74, 6) is -2.27. The second kappa shape index (κ2) is 9.86. The summed E-state index contributed by atoms with van der Waals surface area (Å²) in [6, 6.07) is 19.8. The highest BCUT2D eigenvalue weighted by Gasteiger charge is 2.34. The number of Topliss-reactive ketones (excluding diaryl/α,β-unsaturated/α-hetero) is 1. The van der Waals surface area contributed by atoms with Crippen LogP contribution in [0.1, 0.15) is 39.1 Å². The van der Waals surface area contributed by atoms with Gasteiger partial charge in [0.2, 0.25) is 0 Å². The Bertz CT molecular complexity index is 1130. The highest BCUT2D eigenvalue weighted by molar-refractivity contribution is 6.67. The predicted octanol–water partition coefficient (Wildman–Crippen LogP) is 5.95. The lowest BCUT2D eigenvalue weighted by Gasteiger charge is -2.25. The molecule has 6 heteroatoms. The molecule has 0 fully saturated rings. The van der Waals surface area contributed by atoms with Crippen molar-refractivity contribution in [2.45, 2.75) is 23.1 Å². The Balaban J connectivity index is 1.75. The number of ketones is 1. The standard InChI is InChI=1S/C25H21Cl3O3/c1-16(12-18-8-4-7-17-6-2-3-11-22(17)18)13-21(25(26,27)28)15-23(29)19-9-5-10-20(14-19)24(30)31/h2-11,14,21H,1,12-13,15H2,(H,30,31)/p-1. The van der Waals surface area contributed by atoms with Gasteiger partial charge in [0.05, 0.1) is 5.97 Å². The number of carbonyl (C=O) groups excluding carboxylic acids is 2. The number of fused-ring (bicyclic) bond motifs is 1. The summed E-state index contributed by atoms with van der Waals surface area (Å²) in [6.45, 7) is 4.15. The number of halogens is 3.